The van der Waals surface area contributed by atoms with Crippen molar-refractivity contribution in [3.8, 4) is 0 Å². The van der Waals surface area contributed by atoms with Gasteiger partial charge in [0.1, 0.15) is 0 Å². The Bertz CT molecular complexity index is 897. The number of hydrogen-bond acceptors (Lipinski definition) is 5. The fraction of sp³-hybridized carbons (Fsp3) is 0.593. The molecule has 2 atom stereocenters. The van der Waals surface area contributed by atoms with Gasteiger partial charge in [-0.25, -0.2) is 0 Å². The lowest BCUT2D eigenvalue weighted by Crippen LogP contribution is -2.51. The van der Waals surface area contributed by atoms with E-state index in [2.05, 4.69) is 69.8 Å². The van der Waals surface area contributed by atoms with Crippen LogP contribution in [0.25, 0.3) is 10.8 Å². The van der Waals surface area contributed by atoms with Crippen LogP contribution in [-0.4, -0.2) is 80.3 Å². The molecule has 4 rings (SSSR count). The van der Waals surface area contributed by atoms with E-state index in [4.69, 9.17) is 4.74 Å². The van der Waals surface area contributed by atoms with E-state index in [9.17, 15) is 4.79 Å². The molecule has 2 aliphatic heterocycles. The van der Waals surface area contributed by atoms with E-state index in [1.807, 2.05) is 0 Å². The molecule has 0 spiro atoms. The van der Waals surface area contributed by atoms with Crippen LogP contribution in [0, 0.1) is 0 Å². The topological polar surface area (TPSA) is 56.8 Å². The Morgan fingerprint density at radius 3 is 2.67 bits per heavy atom. The van der Waals surface area contributed by atoms with Crippen molar-refractivity contribution < 1.29 is 9.53 Å². The highest BCUT2D eigenvalue weighted by Crippen LogP contribution is 2.27. The molecule has 0 aliphatic carbocycles. The first-order valence-corrected chi connectivity index (χ1v) is 12.6. The van der Waals surface area contributed by atoms with Gasteiger partial charge < -0.3 is 20.3 Å². The maximum atomic E-state index is 13.1. The standard InChI is InChI=1S/C27H40N4O2/c1-3-13-30-14-10-25(11-15-30)31-20-24(18-26(31)27(32)28-12-16-33-2)29-19-21-8-9-22-6-4-5-7-23(22)17-21/h4-9,17,24-26,29H,3,10-16,18-20H2,1-2H3,(H,28,32)/t24-,26+/m1/s1. The van der Waals surface area contributed by atoms with Crippen molar-refractivity contribution in [2.75, 3.05) is 46.4 Å². The van der Waals surface area contributed by atoms with Gasteiger partial charge in [0.25, 0.3) is 0 Å². The monoisotopic (exact) mass is 452 g/mol. The molecule has 2 aliphatic rings. The largest absolute Gasteiger partial charge is 0.383 e. The van der Waals surface area contributed by atoms with Crippen LogP contribution in [0.1, 0.15) is 38.2 Å². The van der Waals surface area contributed by atoms with Gasteiger partial charge in [0.2, 0.25) is 5.91 Å². The number of methoxy groups -OCH3 is 1. The zero-order chi connectivity index (χ0) is 23.0. The molecule has 0 radical (unpaired) electrons. The Hall–Kier alpha value is -1.99. The number of nitrogens with zero attached hydrogens (tertiary/aromatic N) is 2. The lowest BCUT2D eigenvalue weighted by Gasteiger charge is -2.39. The summed E-state index contributed by atoms with van der Waals surface area (Å²) in [5.74, 6) is 0.151. The van der Waals surface area contributed by atoms with Gasteiger partial charge in [0.15, 0.2) is 0 Å². The van der Waals surface area contributed by atoms with Crippen LogP contribution in [0.2, 0.25) is 0 Å². The molecule has 33 heavy (non-hydrogen) atoms. The third-order valence-electron chi connectivity index (χ3n) is 7.22. The predicted molar refractivity (Wildman–Crippen MR) is 134 cm³/mol. The predicted octanol–water partition coefficient (Wildman–Crippen LogP) is 3.01. The zero-order valence-electron chi connectivity index (χ0n) is 20.3. The fourth-order valence-electron chi connectivity index (χ4n) is 5.47. The molecule has 180 valence electrons. The highest BCUT2D eigenvalue weighted by atomic mass is 16.5. The number of piperidine rings is 1. The van der Waals surface area contributed by atoms with Gasteiger partial charge >= 0.3 is 0 Å². The van der Waals surface area contributed by atoms with Crippen molar-refractivity contribution in [2.45, 2.75) is 57.3 Å². The molecule has 2 aromatic rings. The maximum absolute atomic E-state index is 13.1. The average Bonchev–Trinajstić information content (AvgIpc) is 3.28. The number of nitrogens with one attached hydrogen (secondary N) is 2. The van der Waals surface area contributed by atoms with Gasteiger partial charge in [-0.15, -0.1) is 0 Å². The number of carbonyl (C=O) groups excluding carboxylic acids is 1. The van der Waals surface area contributed by atoms with Crippen LogP contribution in [-0.2, 0) is 16.1 Å². The van der Waals surface area contributed by atoms with Crippen molar-refractivity contribution in [3.05, 3.63) is 48.0 Å². The summed E-state index contributed by atoms with van der Waals surface area (Å²) in [6.07, 6.45) is 4.37. The summed E-state index contributed by atoms with van der Waals surface area (Å²) in [6.45, 7) is 8.61. The SMILES string of the molecule is CCCN1CCC(N2C[C@H](NCc3ccc4ccccc4c3)C[C@H]2C(=O)NCCOC)CC1. The number of hydrogen-bond donors (Lipinski definition) is 2. The van der Waals surface area contributed by atoms with E-state index in [1.54, 1.807) is 7.11 Å². The van der Waals surface area contributed by atoms with Crippen molar-refractivity contribution in [1.29, 1.82) is 0 Å². The van der Waals surface area contributed by atoms with Gasteiger partial charge in [0.05, 0.1) is 12.6 Å². The third-order valence-corrected chi connectivity index (χ3v) is 7.22. The molecule has 0 bridgehead atoms. The molecule has 6 heteroatoms. The average molecular weight is 453 g/mol. The summed E-state index contributed by atoms with van der Waals surface area (Å²) in [5.41, 5.74) is 1.29. The fourth-order valence-corrected chi connectivity index (χ4v) is 5.47. The van der Waals surface area contributed by atoms with E-state index in [0.29, 0.717) is 25.2 Å². The number of likely N-dealkylation sites (tertiary alicyclic amines) is 2. The highest BCUT2D eigenvalue weighted by Gasteiger charge is 2.40. The smallest absolute Gasteiger partial charge is 0.237 e. The Morgan fingerprint density at radius 2 is 1.91 bits per heavy atom. The number of fused-ring (bicyclic) bond motifs is 1. The minimum Gasteiger partial charge on any atom is -0.383 e. The molecule has 1 amide bonds. The Labute approximate surface area is 198 Å². The first kappa shape index (κ1) is 24.1. The second-order valence-corrected chi connectivity index (χ2v) is 9.56. The van der Waals surface area contributed by atoms with Crippen molar-refractivity contribution in [2.24, 2.45) is 0 Å². The molecule has 2 saturated heterocycles. The summed E-state index contributed by atoms with van der Waals surface area (Å²) < 4.78 is 5.13. The number of rotatable bonds is 10. The first-order chi connectivity index (χ1) is 16.2. The zero-order valence-corrected chi connectivity index (χ0v) is 20.3. The molecule has 2 N–H and O–H groups in total. The number of benzene rings is 2. The summed E-state index contributed by atoms with van der Waals surface area (Å²) in [5, 5.41) is 9.40. The van der Waals surface area contributed by atoms with E-state index in [0.717, 1.165) is 45.4 Å². The molecule has 6 nitrogen and oxygen atoms in total. The van der Waals surface area contributed by atoms with E-state index in [-0.39, 0.29) is 11.9 Å². The minimum absolute atomic E-state index is 0.0568. The highest BCUT2D eigenvalue weighted by molar-refractivity contribution is 5.83. The quantitative estimate of drug-likeness (QED) is 0.543. The Balaban J connectivity index is 1.38. The number of ether oxygens (including phenoxy) is 1. The third kappa shape index (κ3) is 6.33. The molecule has 2 fully saturated rings. The lowest BCUT2D eigenvalue weighted by atomic mass is 10.0. The van der Waals surface area contributed by atoms with Crippen LogP contribution < -0.4 is 10.6 Å². The molecular weight excluding hydrogens is 412 g/mol. The molecule has 2 aromatic carbocycles. The normalized spacial score (nSPS) is 22.7. The van der Waals surface area contributed by atoms with Gasteiger partial charge in [-0.3, -0.25) is 9.69 Å². The maximum Gasteiger partial charge on any atom is 0.237 e. The Morgan fingerprint density at radius 1 is 1.12 bits per heavy atom. The first-order valence-electron chi connectivity index (χ1n) is 12.6. The van der Waals surface area contributed by atoms with E-state index >= 15 is 0 Å². The molecular formula is C27H40N4O2. The van der Waals surface area contributed by atoms with Gasteiger partial charge in [-0.1, -0.05) is 43.3 Å². The van der Waals surface area contributed by atoms with Crippen LogP contribution >= 0.6 is 0 Å². The summed E-state index contributed by atoms with van der Waals surface area (Å²) >= 11 is 0. The molecule has 0 saturated carbocycles. The molecule has 2 heterocycles. The minimum atomic E-state index is -0.0568. The van der Waals surface area contributed by atoms with Crippen LogP contribution in [0.15, 0.2) is 42.5 Å². The van der Waals surface area contributed by atoms with Crippen LogP contribution in [0.5, 0.6) is 0 Å². The molecule has 0 aromatic heterocycles. The van der Waals surface area contributed by atoms with Crippen molar-refractivity contribution >= 4 is 16.7 Å². The summed E-state index contributed by atoms with van der Waals surface area (Å²) in [6, 6.07) is 15.9. The lowest BCUT2D eigenvalue weighted by molar-refractivity contribution is -0.126. The summed E-state index contributed by atoms with van der Waals surface area (Å²) in [7, 11) is 1.67. The second kappa shape index (κ2) is 11.9. The van der Waals surface area contributed by atoms with Gasteiger partial charge in [-0.2, -0.15) is 0 Å². The number of carbonyl (C=O) groups is 1. The number of amides is 1. The second-order valence-electron chi connectivity index (χ2n) is 9.56. The molecule has 0 unspecified atom stereocenters. The Kier molecular flexibility index (Phi) is 8.73. The van der Waals surface area contributed by atoms with Crippen molar-refractivity contribution in [1.82, 2.24) is 20.4 Å². The van der Waals surface area contributed by atoms with Gasteiger partial charge in [0, 0.05) is 38.8 Å². The van der Waals surface area contributed by atoms with E-state index in [1.165, 1.54) is 29.3 Å². The van der Waals surface area contributed by atoms with E-state index < -0.39 is 0 Å². The van der Waals surface area contributed by atoms with Crippen LogP contribution in [0.4, 0.5) is 0 Å². The van der Waals surface area contributed by atoms with Crippen molar-refractivity contribution in [3.63, 3.8) is 0 Å². The van der Waals surface area contributed by atoms with Gasteiger partial charge in [-0.05, 0) is 67.7 Å². The van der Waals surface area contributed by atoms with Crippen LogP contribution in [0.3, 0.4) is 0 Å². The summed E-state index contributed by atoms with van der Waals surface area (Å²) in [4.78, 5) is 18.1.